The molecule has 0 N–H and O–H groups in total. The lowest BCUT2D eigenvalue weighted by Gasteiger charge is -2.33. The molecule has 0 saturated carbocycles. The van der Waals surface area contributed by atoms with Crippen molar-refractivity contribution in [2.75, 3.05) is 32.7 Å². The molecule has 3 aromatic rings. The number of amides is 1. The fourth-order valence-electron chi connectivity index (χ4n) is 3.21. The lowest BCUT2D eigenvalue weighted by molar-refractivity contribution is 0.0645. The van der Waals surface area contributed by atoms with Crippen molar-refractivity contribution in [3.8, 4) is 0 Å². The van der Waals surface area contributed by atoms with Gasteiger partial charge in [-0.25, -0.2) is 4.98 Å². The summed E-state index contributed by atoms with van der Waals surface area (Å²) < 4.78 is 1.94. The van der Waals surface area contributed by atoms with Gasteiger partial charge in [-0.05, 0) is 12.5 Å². The summed E-state index contributed by atoms with van der Waals surface area (Å²) in [6, 6.07) is 10.3. The Morgan fingerprint density at radius 1 is 1.15 bits per heavy atom. The largest absolute Gasteiger partial charge is 0.335 e. The number of aromatic nitrogens is 2. The van der Waals surface area contributed by atoms with Gasteiger partial charge >= 0.3 is 0 Å². The van der Waals surface area contributed by atoms with E-state index in [1.54, 1.807) is 11.3 Å². The van der Waals surface area contributed by atoms with E-state index in [-0.39, 0.29) is 5.91 Å². The Morgan fingerprint density at radius 3 is 2.65 bits per heavy atom. The van der Waals surface area contributed by atoms with E-state index in [0.717, 1.165) is 37.7 Å². The first-order valence-electron chi connectivity index (χ1n) is 8.87. The molecular weight excluding hydrogens is 344 g/mol. The predicted molar refractivity (Wildman–Crippen MR) is 106 cm³/mol. The van der Waals surface area contributed by atoms with E-state index >= 15 is 0 Å². The van der Waals surface area contributed by atoms with E-state index in [1.165, 1.54) is 10.4 Å². The van der Waals surface area contributed by atoms with Crippen LogP contribution < -0.4 is 0 Å². The van der Waals surface area contributed by atoms with Gasteiger partial charge in [0.25, 0.3) is 5.91 Å². The molecule has 3 heterocycles. The van der Waals surface area contributed by atoms with Crippen LogP contribution in [-0.2, 0) is 0 Å². The van der Waals surface area contributed by atoms with Crippen molar-refractivity contribution in [1.82, 2.24) is 19.2 Å². The third kappa shape index (κ3) is 3.71. The minimum absolute atomic E-state index is 0.0398. The number of hydrogen-bond donors (Lipinski definition) is 0. The lowest BCUT2D eigenvalue weighted by atomic mass is 10.2. The van der Waals surface area contributed by atoms with Crippen LogP contribution in [0.3, 0.4) is 0 Å². The van der Waals surface area contributed by atoms with Crippen LogP contribution in [0.2, 0.25) is 0 Å². The Kier molecular flexibility index (Phi) is 4.86. The monoisotopic (exact) mass is 366 g/mol. The molecule has 0 atom stereocenters. The van der Waals surface area contributed by atoms with E-state index in [4.69, 9.17) is 0 Å². The summed E-state index contributed by atoms with van der Waals surface area (Å²) in [6.45, 7) is 6.26. The van der Waals surface area contributed by atoms with Crippen molar-refractivity contribution in [2.45, 2.75) is 6.92 Å². The molecule has 1 aromatic carbocycles. The van der Waals surface area contributed by atoms with Crippen molar-refractivity contribution < 1.29 is 4.79 Å². The first-order chi connectivity index (χ1) is 12.7. The predicted octanol–water partition coefficient (Wildman–Crippen LogP) is 3.18. The van der Waals surface area contributed by atoms with Crippen LogP contribution in [0.1, 0.15) is 20.9 Å². The third-order valence-corrected chi connectivity index (χ3v) is 5.54. The summed E-state index contributed by atoms with van der Waals surface area (Å²) in [7, 11) is 0. The van der Waals surface area contributed by atoms with Crippen LogP contribution in [0.25, 0.3) is 11.0 Å². The van der Waals surface area contributed by atoms with Gasteiger partial charge < -0.3 is 4.90 Å². The third-order valence-electron chi connectivity index (χ3n) is 4.62. The molecule has 2 aromatic heterocycles. The minimum atomic E-state index is 0.0398. The Hall–Kier alpha value is -2.44. The molecule has 26 heavy (non-hydrogen) atoms. The van der Waals surface area contributed by atoms with Gasteiger partial charge in [-0.1, -0.05) is 42.5 Å². The first-order valence-corrected chi connectivity index (χ1v) is 9.69. The number of benzene rings is 1. The number of fused-ring (bicyclic) bond motifs is 1. The van der Waals surface area contributed by atoms with E-state index in [9.17, 15) is 4.79 Å². The number of carbonyl (C=O) groups excluding carboxylic acids is 1. The average molecular weight is 366 g/mol. The molecule has 1 amide bonds. The summed E-state index contributed by atoms with van der Waals surface area (Å²) >= 11 is 1.61. The zero-order valence-corrected chi connectivity index (χ0v) is 15.7. The van der Waals surface area contributed by atoms with Crippen molar-refractivity contribution in [2.24, 2.45) is 0 Å². The quantitative estimate of drug-likeness (QED) is 0.712. The second kappa shape index (κ2) is 7.43. The molecule has 0 unspecified atom stereocenters. The van der Waals surface area contributed by atoms with Gasteiger partial charge in [0.1, 0.15) is 5.69 Å². The van der Waals surface area contributed by atoms with Gasteiger partial charge in [-0.15, -0.1) is 11.3 Å². The second-order valence-electron chi connectivity index (χ2n) is 6.56. The van der Waals surface area contributed by atoms with Crippen molar-refractivity contribution in [1.29, 1.82) is 0 Å². The van der Waals surface area contributed by atoms with Crippen LogP contribution in [0.4, 0.5) is 0 Å². The first kappa shape index (κ1) is 17.0. The number of nitrogens with zero attached hydrogens (tertiary/aromatic N) is 4. The highest BCUT2D eigenvalue weighted by molar-refractivity contribution is 7.17. The van der Waals surface area contributed by atoms with Gasteiger partial charge in [0, 0.05) is 50.0 Å². The molecular formula is C20H22N4OS. The highest BCUT2D eigenvalue weighted by Gasteiger charge is 2.23. The van der Waals surface area contributed by atoms with Crippen LogP contribution in [-0.4, -0.2) is 57.8 Å². The fourth-order valence-corrected chi connectivity index (χ4v) is 4.02. The second-order valence-corrected chi connectivity index (χ2v) is 7.78. The molecule has 1 aliphatic heterocycles. The number of carbonyl (C=O) groups is 1. The molecule has 0 aliphatic carbocycles. The Labute approximate surface area is 157 Å². The number of rotatable bonds is 4. The number of aryl methyl sites for hydroxylation is 1. The summed E-state index contributed by atoms with van der Waals surface area (Å²) in [4.78, 5) is 23.5. The number of thiazole rings is 1. The van der Waals surface area contributed by atoms with Crippen LogP contribution in [0.15, 0.2) is 48.8 Å². The normalized spacial score (nSPS) is 16.0. The average Bonchev–Trinajstić information content (AvgIpc) is 3.20. The van der Waals surface area contributed by atoms with Crippen LogP contribution >= 0.6 is 11.3 Å². The zero-order valence-electron chi connectivity index (χ0n) is 14.8. The van der Waals surface area contributed by atoms with Crippen molar-refractivity contribution in [3.05, 3.63) is 64.9 Å². The summed E-state index contributed by atoms with van der Waals surface area (Å²) in [5.74, 6) is 0.0398. The molecule has 1 aliphatic rings. The maximum absolute atomic E-state index is 12.7. The summed E-state index contributed by atoms with van der Waals surface area (Å²) in [5, 5.41) is 0. The molecule has 1 saturated heterocycles. The van der Waals surface area contributed by atoms with E-state index in [0.29, 0.717) is 5.69 Å². The molecule has 0 radical (unpaired) electrons. The van der Waals surface area contributed by atoms with Crippen molar-refractivity contribution in [3.63, 3.8) is 0 Å². The van der Waals surface area contributed by atoms with Gasteiger partial charge in [-0.3, -0.25) is 14.1 Å². The fraction of sp³-hybridized carbons (Fsp3) is 0.300. The van der Waals surface area contributed by atoms with Crippen molar-refractivity contribution >= 4 is 28.3 Å². The zero-order chi connectivity index (χ0) is 17.9. The molecule has 0 bridgehead atoms. The molecule has 4 rings (SSSR count). The van der Waals surface area contributed by atoms with Gasteiger partial charge in [0.05, 0.1) is 0 Å². The van der Waals surface area contributed by atoms with Gasteiger partial charge in [0.15, 0.2) is 4.96 Å². The van der Waals surface area contributed by atoms with E-state index in [1.807, 2.05) is 46.8 Å². The van der Waals surface area contributed by atoms with E-state index in [2.05, 4.69) is 34.2 Å². The Bertz CT molecular complexity index is 888. The maximum atomic E-state index is 12.7. The highest BCUT2D eigenvalue weighted by atomic mass is 32.1. The molecule has 134 valence electrons. The Morgan fingerprint density at radius 2 is 1.92 bits per heavy atom. The van der Waals surface area contributed by atoms with Gasteiger partial charge in [0.2, 0.25) is 0 Å². The van der Waals surface area contributed by atoms with Gasteiger partial charge in [-0.2, -0.15) is 0 Å². The maximum Gasteiger partial charge on any atom is 0.274 e. The smallest absolute Gasteiger partial charge is 0.274 e. The van der Waals surface area contributed by atoms with E-state index < -0.39 is 0 Å². The molecule has 5 nitrogen and oxygen atoms in total. The lowest BCUT2D eigenvalue weighted by Crippen LogP contribution is -2.48. The number of imidazole rings is 1. The summed E-state index contributed by atoms with van der Waals surface area (Å²) in [6.07, 6.45) is 8.20. The number of piperazine rings is 1. The minimum Gasteiger partial charge on any atom is -0.335 e. The van der Waals surface area contributed by atoms with Crippen LogP contribution in [0, 0.1) is 6.92 Å². The topological polar surface area (TPSA) is 40.9 Å². The van der Waals surface area contributed by atoms with Crippen LogP contribution in [0.5, 0.6) is 0 Å². The summed E-state index contributed by atoms with van der Waals surface area (Å²) in [5.41, 5.74) is 1.77. The molecule has 6 heteroatoms. The standard InChI is InChI=1S/C20H22N4OS/c1-16-14-24-15-18(21-20(24)26-16)19(25)23-12-10-22(11-13-23)9-5-8-17-6-3-2-4-7-17/h2-8,14-15H,9-13H2,1H3/b8-5+. The molecule has 0 spiro atoms. The SMILES string of the molecule is Cc1cn2cc(C(=O)N3CCN(C/C=C/c4ccccc4)CC3)nc2s1. The number of hydrogen-bond acceptors (Lipinski definition) is 4. The highest BCUT2D eigenvalue weighted by Crippen LogP contribution is 2.18. The molecule has 1 fully saturated rings. The Balaban J connectivity index is 1.30.